The molecule has 0 rings (SSSR count). The van der Waals surface area contributed by atoms with Crippen LogP contribution in [-0.2, 0) is 4.79 Å². The average Bonchev–Trinajstić information content (AvgIpc) is 2.13. The van der Waals surface area contributed by atoms with Crippen molar-refractivity contribution in [1.82, 2.24) is 10.6 Å². The third-order valence-corrected chi connectivity index (χ3v) is 2.37. The van der Waals surface area contributed by atoms with Crippen molar-refractivity contribution in [2.24, 2.45) is 0 Å². The topological polar surface area (TPSA) is 41.1 Å². The van der Waals surface area contributed by atoms with Crippen LogP contribution in [0.3, 0.4) is 0 Å². The zero-order valence-corrected chi connectivity index (χ0v) is 9.38. The van der Waals surface area contributed by atoms with Crippen LogP contribution in [0.2, 0.25) is 0 Å². The summed E-state index contributed by atoms with van der Waals surface area (Å²) < 4.78 is 0. The van der Waals surface area contributed by atoms with Crippen LogP contribution in [-0.4, -0.2) is 38.1 Å². The van der Waals surface area contributed by atoms with Crippen LogP contribution < -0.4 is 10.6 Å². The van der Waals surface area contributed by atoms with Crippen LogP contribution in [0, 0.1) is 0 Å². The molecule has 0 unspecified atom stereocenters. The first kappa shape index (κ1) is 12.8. The van der Waals surface area contributed by atoms with Gasteiger partial charge in [0, 0.05) is 13.0 Å². The summed E-state index contributed by atoms with van der Waals surface area (Å²) in [5.41, 5.74) is 0. The highest BCUT2D eigenvalue weighted by Crippen LogP contribution is 1.98. The number of amides is 1. The van der Waals surface area contributed by atoms with Gasteiger partial charge in [0.25, 0.3) is 0 Å². The molecule has 0 saturated heterocycles. The monoisotopic (exact) mass is 204 g/mol. The Bertz CT molecular complexity index is 131. The van der Waals surface area contributed by atoms with E-state index in [0.29, 0.717) is 6.42 Å². The van der Waals surface area contributed by atoms with Crippen LogP contribution in [0.1, 0.15) is 19.3 Å². The summed E-state index contributed by atoms with van der Waals surface area (Å²) in [4.78, 5) is 11.1. The summed E-state index contributed by atoms with van der Waals surface area (Å²) >= 11 is 1.79. The standard InChI is InChI=1S/C9H20N2OS/c1-10-6-4-7-11-9(12)5-3-8-13-2/h10H,3-8H2,1-2H3,(H,11,12). The second-order valence-electron chi connectivity index (χ2n) is 2.90. The Labute approximate surface area is 85.0 Å². The number of thioether (sulfide) groups is 1. The predicted octanol–water partition coefficient (Wildman–Crippen LogP) is 0.855. The maximum absolute atomic E-state index is 11.1. The lowest BCUT2D eigenvalue weighted by Gasteiger charge is -2.03. The molecule has 1 amide bonds. The van der Waals surface area contributed by atoms with E-state index in [0.717, 1.165) is 31.7 Å². The second kappa shape index (κ2) is 9.86. The van der Waals surface area contributed by atoms with Crippen molar-refractivity contribution in [3.8, 4) is 0 Å². The van der Waals surface area contributed by atoms with Crippen LogP contribution in [0.4, 0.5) is 0 Å². The van der Waals surface area contributed by atoms with Gasteiger partial charge >= 0.3 is 0 Å². The van der Waals surface area contributed by atoms with E-state index in [2.05, 4.69) is 16.9 Å². The van der Waals surface area contributed by atoms with Crippen LogP contribution in [0.5, 0.6) is 0 Å². The summed E-state index contributed by atoms with van der Waals surface area (Å²) in [5, 5.41) is 5.93. The van der Waals surface area contributed by atoms with Crippen LogP contribution in [0.15, 0.2) is 0 Å². The van der Waals surface area contributed by atoms with Crippen LogP contribution >= 0.6 is 11.8 Å². The van der Waals surface area contributed by atoms with E-state index in [-0.39, 0.29) is 5.91 Å². The van der Waals surface area contributed by atoms with Gasteiger partial charge in [-0.1, -0.05) is 0 Å². The highest BCUT2D eigenvalue weighted by atomic mass is 32.2. The van der Waals surface area contributed by atoms with Gasteiger partial charge in [0.05, 0.1) is 0 Å². The molecule has 0 radical (unpaired) electrons. The summed E-state index contributed by atoms with van der Waals surface area (Å²) in [6.07, 6.45) is 4.72. The van der Waals surface area contributed by atoms with Gasteiger partial charge in [-0.15, -0.1) is 0 Å². The van der Waals surface area contributed by atoms with Crippen molar-refractivity contribution in [3.63, 3.8) is 0 Å². The van der Waals surface area contributed by atoms with E-state index in [1.807, 2.05) is 7.05 Å². The minimum atomic E-state index is 0.185. The lowest BCUT2D eigenvalue weighted by molar-refractivity contribution is -0.121. The second-order valence-corrected chi connectivity index (χ2v) is 3.89. The molecule has 0 aliphatic carbocycles. The summed E-state index contributed by atoms with van der Waals surface area (Å²) in [7, 11) is 1.92. The van der Waals surface area contributed by atoms with Gasteiger partial charge in [0.1, 0.15) is 0 Å². The molecule has 0 atom stereocenters. The molecular formula is C9H20N2OS. The molecule has 0 fully saturated rings. The highest BCUT2D eigenvalue weighted by molar-refractivity contribution is 7.98. The Kier molecular flexibility index (Phi) is 9.70. The van der Waals surface area contributed by atoms with Gasteiger partial charge in [-0.3, -0.25) is 4.79 Å². The van der Waals surface area contributed by atoms with Gasteiger partial charge in [-0.2, -0.15) is 11.8 Å². The zero-order valence-electron chi connectivity index (χ0n) is 8.56. The van der Waals surface area contributed by atoms with Gasteiger partial charge < -0.3 is 10.6 Å². The minimum Gasteiger partial charge on any atom is -0.356 e. The van der Waals surface area contributed by atoms with Gasteiger partial charge in [0.15, 0.2) is 0 Å². The first-order valence-electron chi connectivity index (χ1n) is 4.71. The molecule has 0 aromatic carbocycles. The quantitative estimate of drug-likeness (QED) is 0.576. The van der Waals surface area contributed by atoms with E-state index in [1.54, 1.807) is 11.8 Å². The molecule has 13 heavy (non-hydrogen) atoms. The predicted molar refractivity (Wildman–Crippen MR) is 59.2 cm³/mol. The number of carbonyl (C=O) groups is 1. The first-order valence-corrected chi connectivity index (χ1v) is 6.11. The fourth-order valence-corrected chi connectivity index (χ4v) is 1.39. The molecule has 78 valence electrons. The number of rotatable bonds is 8. The fourth-order valence-electron chi connectivity index (χ4n) is 0.958. The smallest absolute Gasteiger partial charge is 0.220 e. The van der Waals surface area contributed by atoms with Gasteiger partial charge in [-0.25, -0.2) is 0 Å². The molecule has 4 heteroatoms. The fraction of sp³-hybridized carbons (Fsp3) is 0.889. The Balaban J connectivity index is 3.11. The van der Waals surface area contributed by atoms with Crippen molar-refractivity contribution in [2.45, 2.75) is 19.3 Å². The lowest BCUT2D eigenvalue weighted by atomic mass is 10.3. The zero-order chi connectivity index (χ0) is 9.94. The maximum Gasteiger partial charge on any atom is 0.220 e. The molecule has 0 aliphatic rings. The number of hydrogen-bond donors (Lipinski definition) is 2. The maximum atomic E-state index is 11.1. The van der Waals surface area contributed by atoms with E-state index < -0.39 is 0 Å². The molecule has 0 aromatic heterocycles. The summed E-state index contributed by atoms with van der Waals surface area (Å²) in [6.45, 7) is 1.75. The van der Waals surface area contributed by atoms with Crippen LogP contribution in [0.25, 0.3) is 0 Å². The molecule has 3 nitrogen and oxygen atoms in total. The summed E-state index contributed by atoms with van der Waals surface area (Å²) in [6, 6.07) is 0. The molecule has 0 saturated carbocycles. The Morgan fingerprint density at radius 2 is 2.08 bits per heavy atom. The molecule has 0 aliphatic heterocycles. The highest BCUT2D eigenvalue weighted by Gasteiger charge is 1.98. The lowest BCUT2D eigenvalue weighted by Crippen LogP contribution is -2.26. The van der Waals surface area contributed by atoms with E-state index >= 15 is 0 Å². The van der Waals surface area contributed by atoms with E-state index in [4.69, 9.17) is 0 Å². The largest absolute Gasteiger partial charge is 0.356 e. The van der Waals surface area contributed by atoms with Crippen molar-refractivity contribution in [1.29, 1.82) is 0 Å². The van der Waals surface area contributed by atoms with Crippen molar-refractivity contribution in [3.05, 3.63) is 0 Å². The minimum absolute atomic E-state index is 0.185. The molecule has 0 bridgehead atoms. The van der Waals surface area contributed by atoms with Gasteiger partial charge in [-0.05, 0) is 38.4 Å². The first-order chi connectivity index (χ1) is 6.31. The Morgan fingerprint density at radius 1 is 1.31 bits per heavy atom. The third-order valence-electron chi connectivity index (χ3n) is 1.68. The molecule has 0 spiro atoms. The Hall–Kier alpha value is -0.220. The average molecular weight is 204 g/mol. The SMILES string of the molecule is CNCCCNC(=O)CCCSC. The third kappa shape index (κ3) is 9.70. The van der Waals surface area contributed by atoms with Crippen molar-refractivity contribution in [2.75, 3.05) is 32.1 Å². The van der Waals surface area contributed by atoms with E-state index in [1.165, 1.54) is 0 Å². The Morgan fingerprint density at radius 3 is 2.69 bits per heavy atom. The number of hydrogen-bond acceptors (Lipinski definition) is 3. The van der Waals surface area contributed by atoms with Crippen molar-refractivity contribution < 1.29 is 4.79 Å². The van der Waals surface area contributed by atoms with Gasteiger partial charge in [0.2, 0.25) is 5.91 Å². The normalized spacial score (nSPS) is 10.0. The number of nitrogens with one attached hydrogen (secondary N) is 2. The molecular weight excluding hydrogens is 184 g/mol. The van der Waals surface area contributed by atoms with E-state index in [9.17, 15) is 4.79 Å². The summed E-state index contributed by atoms with van der Waals surface area (Å²) in [5.74, 6) is 1.26. The molecule has 0 heterocycles. The molecule has 2 N–H and O–H groups in total. The van der Waals surface area contributed by atoms with Crippen molar-refractivity contribution >= 4 is 17.7 Å². The molecule has 0 aromatic rings. The number of carbonyl (C=O) groups excluding carboxylic acids is 1.